The van der Waals surface area contributed by atoms with Gasteiger partial charge in [0.2, 0.25) is 5.91 Å². The van der Waals surface area contributed by atoms with Gasteiger partial charge >= 0.3 is 11.9 Å². The maximum Gasteiger partial charge on any atom is 0.334 e. The average Bonchev–Trinajstić information content (AvgIpc) is 3.23. The fourth-order valence-electron chi connectivity index (χ4n) is 5.26. The topological polar surface area (TPSA) is 94.2 Å². The molecule has 1 aromatic carbocycles. The van der Waals surface area contributed by atoms with Gasteiger partial charge in [-0.05, 0) is 57.6 Å². The molecule has 188 valence electrons. The molecule has 1 amide bonds. The number of methoxy groups -OCH3 is 1. The molecule has 5 atom stereocenters. The monoisotopic (exact) mass is 474 g/mol. The Bertz CT molecular complexity index is 859. The fraction of sp³-hybridized carbons (Fsp3) is 0.654. The highest BCUT2D eigenvalue weighted by atomic mass is 16.6. The molecule has 2 fully saturated rings. The second kappa shape index (κ2) is 12.2. The molecule has 8 heteroatoms. The molecule has 0 radical (unpaired) electrons. The number of esters is 2. The van der Waals surface area contributed by atoms with Gasteiger partial charge < -0.3 is 19.1 Å². The maximum absolute atomic E-state index is 13.7. The summed E-state index contributed by atoms with van der Waals surface area (Å²) in [6.45, 7) is 5.79. The number of benzene rings is 1. The van der Waals surface area contributed by atoms with Gasteiger partial charge in [-0.15, -0.1) is 0 Å². The van der Waals surface area contributed by atoms with Crippen LogP contribution < -0.4 is 14.8 Å². The van der Waals surface area contributed by atoms with Crippen LogP contribution in [0.3, 0.4) is 0 Å². The molecular formula is C26H38N2O6. The number of hydrogen-bond acceptors (Lipinski definition) is 7. The highest BCUT2D eigenvalue weighted by Crippen LogP contribution is 2.41. The second-order valence-corrected chi connectivity index (χ2v) is 9.16. The van der Waals surface area contributed by atoms with Gasteiger partial charge in [0.15, 0.2) is 11.5 Å². The van der Waals surface area contributed by atoms with E-state index in [1.165, 1.54) is 7.11 Å². The molecule has 2 aliphatic rings. The minimum Gasteiger partial charge on any atom is -0.493 e. The summed E-state index contributed by atoms with van der Waals surface area (Å²) >= 11 is 0. The summed E-state index contributed by atoms with van der Waals surface area (Å²) in [4.78, 5) is 41.1. The number of carbonyl (C=O) groups is 3. The number of hydrogen-bond donors (Lipinski definition) is 1. The number of carbonyl (C=O) groups excluding carboxylic acids is 3. The van der Waals surface area contributed by atoms with Crippen molar-refractivity contribution in [3.8, 4) is 11.5 Å². The molecule has 0 bridgehead atoms. The van der Waals surface area contributed by atoms with E-state index in [9.17, 15) is 14.4 Å². The summed E-state index contributed by atoms with van der Waals surface area (Å²) in [5, 5.41) is 3.16. The van der Waals surface area contributed by atoms with E-state index in [1.807, 2.05) is 6.92 Å². The molecule has 3 rings (SSSR count). The van der Waals surface area contributed by atoms with Gasteiger partial charge in [-0.25, -0.2) is 4.79 Å². The van der Waals surface area contributed by atoms with Crippen LogP contribution in [0.2, 0.25) is 0 Å². The van der Waals surface area contributed by atoms with Crippen molar-refractivity contribution in [1.29, 1.82) is 0 Å². The largest absolute Gasteiger partial charge is 0.493 e. The zero-order valence-corrected chi connectivity index (χ0v) is 20.7. The molecule has 1 N–H and O–H groups in total. The van der Waals surface area contributed by atoms with Gasteiger partial charge in [0.05, 0.1) is 19.8 Å². The first-order valence-electron chi connectivity index (χ1n) is 12.5. The van der Waals surface area contributed by atoms with Crippen LogP contribution in [0.4, 0.5) is 0 Å². The van der Waals surface area contributed by atoms with Crippen LogP contribution in [-0.2, 0) is 19.1 Å². The standard InChI is InChI=1S/C26H38N2O6/c1-5-11-19(25(30)33-6-2)27-17(3)24(29)28-20-13-8-7-12-18(20)16-21(28)26(31)34-23-15-10-9-14-22(23)32-4/h9-10,14-15,17-21,27H,5-8,11-13,16H2,1-4H3. The van der Waals surface area contributed by atoms with Gasteiger partial charge in [0, 0.05) is 6.04 Å². The van der Waals surface area contributed by atoms with Crippen molar-refractivity contribution in [1.82, 2.24) is 10.2 Å². The first-order chi connectivity index (χ1) is 16.4. The van der Waals surface area contributed by atoms with E-state index in [1.54, 1.807) is 43.0 Å². The summed E-state index contributed by atoms with van der Waals surface area (Å²) in [7, 11) is 1.52. The normalized spacial score (nSPS) is 23.5. The maximum atomic E-state index is 13.7. The lowest BCUT2D eigenvalue weighted by Gasteiger charge is -2.35. The van der Waals surface area contributed by atoms with Crippen LogP contribution in [0.5, 0.6) is 11.5 Å². The summed E-state index contributed by atoms with van der Waals surface area (Å²) < 4.78 is 16.2. The van der Waals surface area contributed by atoms with Crippen molar-refractivity contribution in [3.05, 3.63) is 24.3 Å². The molecule has 1 aliphatic heterocycles. The molecule has 0 aromatic heterocycles. The van der Waals surface area contributed by atoms with Gasteiger partial charge in [-0.2, -0.15) is 0 Å². The van der Waals surface area contributed by atoms with Crippen molar-refractivity contribution in [3.63, 3.8) is 0 Å². The van der Waals surface area contributed by atoms with Crippen LogP contribution in [0.15, 0.2) is 24.3 Å². The Hall–Kier alpha value is -2.61. The first kappa shape index (κ1) is 26.0. The van der Waals surface area contributed by atoms with Crippen molar-refractivity contribution >= 4 is 17.8 Å². The minimum absolute atomic E-state index is 0.00735. The van der Waals surface area contributed by atoms with E-state index in [2.05, 4.69) is 5.32 Å². The van der Waals surface area contributed by atoms with Crippen LogP contribution in [0.25, 0.3) is 0 Å². The Morgan fingerprint density at radius 3 is 2.50 bits per heavy atom. The van der Waals surface area contributed by atoms with Crippen molar-refractivity contribution in [2.45, 2.75) is 89.9 Å². The lowest BCUT2D eigenvalue weighted by Crippen LogP contribution is -2.56. The van der Waals surface area contributed by atoms with E-state index >= 15 is 0 Å². The zero-order valence-electron chi connectivity index (χ0n) is 20.7. The fourth-order valence-corrected chi connectivity index (χ4v) is 5.26. The molecule has 5 unspecified atom stereocenters. The van der Waals surface area contributed by atoms with E-state index in [-0.39, 0.29) is 30.4 Å². The number of nitrogens with one attached hydrogen (secondary N) is 1. The third-order valence-corrected chi connectivity index (χ3v) is 6.86. The predicted molar refractivity (Wildman–Crippen MR) is 128 cm³/mol. The predicted octanol–water partition coefficient (Wildman–Crippen LogP) is 3.47. The van der Waals surface area contributed by atoms with E-state index < -0.39 is 24.1 Å². The van der Waals surface area contributed by atoms with E-state index in [0.29, 0.717) is 24.3 Å². The zero-order chi connectivity index (χ0) is 24.7. The van der Waals surface area contributed by atoms with Crippen LogP contribution >= 0.6 is 0 Å². The number of fused-ring (bicyclic) bond motifs is 1. The van der Waals surface area contributed by atoms with Gasteiger partial charge in [-0.3, -0.25) is 14.9 Å². The molecule has 1 aliphatic carbocycles. The Labute approximate surface area is 202 Å². The van der Waals surface area contributed by atoms with Crippen molar-refractivity contribution in [2.24, 2.45) is 5.92 Å². The third kappa shape index (κ3) is 5.90. The van der Waals surface area contributed by atoms with Gasteiger partial charge in [0.25, 0.3) is 0 Å². The Morgan fingerprint density at radius 2 is 1.82 bits per heavy atom. The SMILES string of the molecule is CCCC(NC(C)C(=O)N1C(C(=O)Oc2ccccc2OC)CC2CCCCC21)C(=O)OCC. The first-order valence-corrected chi connectivity index (χ1v) is 12.5. The number of amides is 1. The Morgan fingerprint density at radius 1 is 1.12 bits per heavy atom. The molecular weight excluding hydrogens is 436 g/mol. The molecule has 1 saturated carbocycles. The van der Waals surface area contributed by atoms with Gasteiger partial charge in [0.1, 0.15) is 12.1 Å². The van der Waals surface area contributed by atoms with E-state index in [0.717, 1.165) is 32.1 Å². The smallest absolute Gasteiger partial charge is 0.334 e. The molecule has 1 aromatic rings. The van der Waals surface area contributed by atoms with Gasteiger partial charge in [-0.1, -0.05) is 38.3 Å². The minimum atomic E-state index is -0.665. The second-order valence-electron chi connectivity index (χ2n) is 9.16. The van der Waals surface area contributed by atoms with Crippen LogP contribution in [-0.4, -0.2) is 60.6 Å². The van der Waals surface area contributed by atoms with Crippen molar-refractivity contribution < 1.29 is 28.6 Å². The number of nitrogens with zero attached hydrogens (tertiary/aromatic N) is 1. The summed E-state index contributed by atoms with van der Waals surface area (Å²) in [6, 6.07) is 5.14. The Kier molecular flexibility index (Phi) is 9.33. The molecule has 8 nitrogen and oxygen atoms in total. The summed E-state index contributed by atoms with van der Waals surface area (Å²) in [6.07, 6.45) is 5.94. The van der Waals surface area contributed by atoms with E-state index in [4.69, 9.17) is 14.2 Å². The number of ether oxygens (including phenoxy) is 3. The molecule has 1 heterocycles. The molecule has 0 spiro atoms. The average molecular weight is 475 g/mol. The highest BCUT2D eigenvalue weighted by molar-refractivity contribution is 5.90. The number of para-hydroxylation sites is 2. The number of likely N-dealkylation sites (tertiary alicyclic amines) is 1. The third-order valence-electron chi connectivity index (χ3n) is 6.86. The van der Waals surface area contributed by atoms with Crippen LogP contribution in [0.1, 0.15) is 65.7 Å². The quantitative estimate of drug-likeness (QED) is 0.410. The number of rotatable bonds is 10. The van der Waals surface area contributed by atoms with Crippen LogP contribution in [0, 0.1) is 5.92 Å². The molecule has 34 heavy (non-hydrogen) atoms. The summed E-state index contributed by atoms with van der Waals surface area (Å²) in [5.41, 5.74) is 0. The molecule has 1 saturated heterocycles. The lowest BCUT2D eigenvalue weighted by molar-refractivity contribution is -0.150. The highest BCUT2D eigenvalue weighted by Gasteiger charge is 2.49. The lowest BCUT2D eigenvalue weighted by atomic mass is 9.84. The summed E-state index contributed by atoms with van der Waals surface area (Å²) in [5.74, 6) is 0.103. The Balaban J connectivity index is 1.79. The van der Waals surface area contributed by atoms with Crippen molar-refractivity contribution in [2.75, 3.05) is 13.7 Å².